The minimum atomic E-state index is -0.187. The average molecular weight is 358 g/mol. The van der Waals surface area contributed by atoms with Gasteiger partial charge in [-0.2, -0.15) is 0 Å². The molecule has 3 rings (SSSR count). The van der Waals surface area contributed by atoms with Crippen molar-refractivity contribution < 1.29 is 14.3 Å². The summed E-state index contributed by atoms with van der Waals surface area (Å²) in [5.41, 5.74) is 1.18. The summed E-state index contributed by atoms with van der Waals surface area (Å²) in [6.45, 7) is 2.07. The predicted molar refractivity (Wildman–Crippen MR) is 89.9 cm³/mol. The second-order valence-electron chi connectivity index (χ2n) is 6.23. The molecule has 2 heterocycles. The van der Waals surface area contributed by atoms with Crippen LogP contribution in [0.2, 0.25) is 10.0 Å². The first kappa shape index (κ1) is 17.0. The van der Waals surface area contributed by atoms with E-state index in [9.17, 15) is 4.79 Å². The summed E-state index contributed by atoms with van der Waals surface area (Å²) in [6.07, 6.45) is 3.09. The Hall–Kier alpha value is -0.810. The predicted octanol–water partition coefficient (Wildman–Crippen LogP) is 3.76. The Morgan fingerprint density at radius 1 is 1.30 bits per heavy atom. The van der Waals surface area contributed by atoms with Crippen molar-refractivity contribution in [2.75, 3.05) is 19.8 Å². The summed E-state index contributed by atoms with van der Waals surface area (Å²) in [7, 11) is 0. The fourth-order valence-electron chi connectivity index (χ4n) is 3.18. The first-order valence-corrected chi connectivity index (χ1v) is 8.82. The van der Waals surface area contributed by atoms with Gasteiger partial charge in [-0.3, -0.25) is 4.79 Å². The van der Waals surface area contributed by atoms with Crippen LogP contribution in [0.4, 0.5) is 0 Å². The zero-order chi connectivity index (χ0) is 16.2. The number of halogens is 2. The van der Waals surface area contributed by atoms with Gasteiger partial charge in [-0.1, -0.05) is 29.3 Å². The van der Waals surface area contributed by atoms with E-state index in [1.54, 1.807) is 0 Å². The van der Waals surface area contributed by atoms with Crippen molar-refractivity contribution >= 4 is 29.1 Å². The quantitative estimate of drug-likeness (QED) is 0.872. The molecule has 126 valence electrons. The summed E-state index contributed by atoms with van der Waals surface area (Å²) in [4.78, 5) is 11.2. The van der Waals surface area contributed by atoms with Gasteiger partial charge in [0.05, 0.1) is 23.3 Å². The molecule has 1 amide bonds. The Balaban J connectivity index is 1.48. The van der Waals surface area contributed by atoms with Gasteiger partial charge in [-0.05, 0) is 42.4 Å². The maximum Gasteiger partial charge on any atom is 0.220 e. The molecule has 2 aliphatic rings. The van der Waals surface area contributed by atoms with E-state index in [0.717, 1.165) is 25.8 Å². The molecule has 6 heteroatoms. The van der Waals surface area contributed by atoms with E-state index >= 15 is 0 Å². The number of rotatable bonds is 5. The molecule has 3 atom stereocenters. The first-order valence-electron chi connectivity index (χ1n) is 8.06. The van der Waals surface area contributed by atoms with Gasteiger partial charge in [0, 0.05) is 19.4 Å². The number of hydrogen-bond acceptors (Lipinski definition) is 3. The van der Waals surface area contributed by atoms with E-state index in [1.165, 1.54) is 5.56 Å². The molecule has 4 nitrogen and oxygen atoms in total. The van der Waals surface area contributed by atoms with E-state index < -0.39 is 0 Å². The van der Waals surface area contributed by atoms with Crippen molar-refractivity contribution in [3.63, 3.8) is 0 Å². The number of carbonyl (C=O) groups excluding carboxylic acids is 1. The summed E-state index contributed by atoms with van der Waals surface area (Å²) in [6, 6.07) is 5.80. The summed E-state index contributed by atoms with van der Waals surface area (Å²) in [5, 5.41) is 4.02. The lowest BCUT2D eigenvalue weighted by Crippen LogP contribution is -2.28. The van der Waals surface area contributed by atoms with Crippen molar-refractivity contribution in [2.24, 2.45) is 5.92 Å². The molecule has 0 bridgehead atoms. The highest BCUT2D eigenvalue weighted by molar-refractivity contribution is 6.42. The topological polar surface area (TPSA) is 47.6 Å². The Morgan fingerprint density at radius 3 is 2.91 bits per heavy atom. The number of hydrogen-bond donors (Lipinski definition) is 1. The fraction of sp³-hybridized carbons (Fsp3) is 0.588. The summed E-state index contributed by atoms with van der Waals surface area (Å²) in [5.74, 6) is 0.902. The van der Waals surface area contributed by atoms with Gasteiger partial charge < -0.3 is 14.8 Å². The van der Waals surface area contributed by atoms with Crippen LogP contribution in [-0.4, -0.2) is 32.0 Å². The monoisotopic (exact) mass is 357 g/mol. The standard InChI is InChI=1S/C17H21Cl2NO3/c18-14-2-1-12(8-15(14)19)13-4-6-23-17(9-13)22-5-3-11-7-16(21)20-10-11/h1-2,8,11,13,17H,3-7,9-10H2,(H,20,21). The van der Waals surface area contributed by atoms with E-state index in [1.807, 2.05) is 18.2 Å². The molecule has 1 aromatic rings. The van der Waals surface area contributed by atoms with Crippen molar-refractivity contribution in [1.29, 1.82) is 0 Å². The second kappa shape index (κ2) is 7.84. The third kappa shape index (κ3) is 4.60. The van der Waals surface area contributed by atoms with Gasteiger partial charge in [0.1, 0.15) is 0 Å². The minimum Gasteiger partial charge on any atom is -0.356 e. The Bertz CT molecular complexity index is 567. The number of nitrogens with one attached hydrogen (secondary N) is 1. The van der Waals surface area contributed by atoms with Crippen LogP contribution in [0.15, 0.2) is 18.2 Å². The van der Waals surface area contributed by atoms with Crippen LogP contribution in [-0.2, 0) is 14.3 Å². The van der Waals surface area contributed by atoms with Crippen molar-refractivity contribution in [2.45, 2.75) is 37.9 Å². The molecule has 0 saturated carbocycles. The highest BCUT2D eigenvalue weighted by atomic mass is 35.5. The average Bonchev–Trinajstić information content (AvgIpc) is 2.96. The lowest BCUT2D eigenvalue weighted by Gasteiger charge is -2.30. The van der Waals surface area contributed by atoms with E-state index in [0.29, 0.717) is 41.5 Å². The number of amides is 1. The summed E-state index contributed by atoms with van der Waals surface area (Å²) >= 11 is 12.1. The van der Waals surface area contributed by atoms with Crippen LogP contribution >= 0.6 is 23.2 Å². The fourth-order valence-corrected chi connectivity index (χ4v) is 3.49. The molecule has 2 aliphatic heterocycles. The van der Waals surface area contributed by atoms with Crippen molar-refractivity contribution in [3.8, 4) is 0 Å². The Labute approximate surface area is 146 Å². The molecule has 23 heavy (non-hydrogen) atoms. The van der Waals surface area contributed by atoms with Crippen molar-refractivity contribution in [3.05, 3.63) is 33.8 Å². The van der Waals surface area contributed by atoms with Crippen LogP contribution in [0.3, 0.4) is 0 Å². The van der Waals surface area contributed by atoms with Crippen molar-refractivity contribution in [1.82, 2.24) is 5.32 Å². The highest BCUT2D eigenvalue weighted by Gasteiger charge is 2.26. The number of ether oxygens (including phenoxy) is 2. The van der Waals surface area contributed by atoms with Crippen LogP contribution < -0.4 is 5.32 Å². The largest absolute Gasteiger partial charge is 0.356 e. The van der Waals surface area contributed by atoms with Crippen LogP contribution in [0.5, 0.6) is 0 Å². The van der Waals surface area contributed by atoms with Crippen LogP contribution in [0.1, 0.15) is 37.2 Å². The molecule has 1 aromatic carbocycles. The molecule has 2 fully saturated rings. The normalized spacial score (nSPS) is 27.9. The minimum absolute atomic E-state index is 0.142. The highest BCUT2D eigenvalue weighted by Crippen LogP contribution is 2.34. The SMILES string of the molecule is O=C1CC(CCOC2CC(c3ccc(Cl)c(Cl)c3)CCO2)CN1. The molecule has 0 aliphatic carbocycles. The number of carbonyl (C=O) groups is 1. The molecular formula is C17H21Cl2NO3. The zero-order valence-electron chi connectivity index (χ0n) is 12.9. The summed E-state index contributed by atoms with van der Waals surface area (Å²) < 4.78 is 11.6. The molecule has 2 saturated heterocycles. The smallest absolute Gasteiger partial charge is 0.220 e. The first-order chi connectivity index (χ1) is 11.1. The maximum atomic E-state index is 11.2. The van der Waals surface area contributed by atoms with Gasteiger partial charge in [0.15, 0.2) is 6.29 Å². The molecule has 3 unspecified atom stereocenters. The number of benzene rings is 1. The van der Waals surface area contributed by atoms with Crippen LogP contribution in [0.25, 0.3) is 0 Å². The maximum absolute atomic E-state index is 11.2. The Morgan fingerprint density at radius 2 is 2.17 bits per heavy atom. The van der Waals surface area contributed by atoms with E-state index in [4.69, 9.17) is 32.7 Å². The second-order valence-corrected chi connectivity index (χ2v) is 7.04. The van der Waals surface area contributed by atoms with E-state index in [-0.39, 0.29) is 12.2 Å². The van der Waals surface area contributed by atoms with Gasteiger partial charge >= 0.3 is 0 Å². The molecular weight excluding hydrogens is 337 g/mol. The van der Waals surface area contributed by atoms with Gasteiger partial charge in [0.25, 0.3) is 0 Å². The molecule has 1 N–H and O–H groups in total. The van der Waals surface area contributed by atoms with E-state index in [2.05, 4.69) is 5.32 Å². The lowest BCUT2D eigenvalue weighted by molar-refractivity contribution is -0.168. The molecule has 0 radical (unpaired) electrons. The third-order valence-corrected chi connectivity index (χ3v) is 5.29. The third-order valence-electron chi connectivity index (χ3n) is 4.55. The van der Waals surface area contributed by atoms with Gasteiger partial charge in [-0.15, -0.1) is 0 Å². The lowest BCUT2D eigenvalue weighted by atomic mass is 9.91. The molecule has 0 aromatic heterocycles. The van der Waals surface area contributed by atoms with Crippen LogP contribution in [0, 0.1) is 5.92 Å². The van der Waals surface area contributed by atoms with Gasteiger partial charge in [-0.25, -0.2) is 0 Å². The van der Waals surface area contributed by atoms with Gasteiger partial charge in [0.2, 0.25) is 5.91 Å². The zero-order valence-corrected chi connectivity index (χ0v) is 14.4. The molecule has 0 spiro atoms. The Kier molecular flexibility index (Phi) is 5.81.